The van der Waals surface area contributed by atoms with Gasteiger partial charge in [0.25, 0.3) is 10.0 Å². The van der Waals surface area contributed by atoms with E-state index in [1.165, 1.54) is 3.97 Å². The molecule has 0 amide bonds. The van der Waals surface area contributed by atoms with Crippen LogP contribution in [0.3, 0.4) is 0 Å². The summed E-state index contributed by atoms with van der Waals surface area (Å²) in [5, 5.41) is 0.898. The smallest absolute Gasteiger partial charge is 0.269 e. The molecule has 0 fully saturated rings. The lowest BCUT2D eigenvalue weighted by molar-refractivity contribution is 0.436. The summed E-state index contributed by atoms with van der Waals surface area (Å²) in [6.45, 7) is 0.579. The molecule has 0 N–H and O–H groups in total. The molecule has 0 aliphatic carbocycles. The minimum absolute atomic E-state index is 0.238. The van der Waals surface area contributed by atoms with E-state index >= 15 is 0 Å². The second-order valence-corrected chi connectivity index (χ2v) is 10.3. The van der Waals surface area contributed by atoms with Gasteiger partial charge in [0.05, 0.1) is 5.52 Å². The molecule has 0 bridgehead atoms. The number of fused-ring (bicyclic) bond motifs is 1. The number of benzene rings is 2. The second-order valence-electron chi connectivity index (χ2n) is 6.72. The third-order valence-electron chi connectivity index (χ3n) is 4.23. The molecule has 1 aromatic heterocycles. The highest BCUT2D eigenvalue weighted by Crippen LogP contribution is 2.31. The van der Waals surface area contributed by atoms with Crippen molar-refractivity contribution in [3.05, 3.63) is 75.6 Å². The standard InChI is InChI=1S/C20H21Br2N3O2S/c1-23(2)10-11-24(3)13-15-14-25(19-9-8-16(21)12-17(15)19)28(26,27)20-7-5-4-6-18(20)22/h4-12,14H,13H2,1-3H3/b11-10+. The van der Waals surface area contributed by atoms with Crippen LogP contribution in [0.2, 0.25) is 0 Å². The molecule has 0 saturated heterocycles. The maximum absolute atomic E-state index is 13.4. The number of rotatable bonds is 6. The zero-order valence-electron chi connectivity index (χ0n) is 15.8. The van der Waals surface area contributed by atoms with Crippen molar-refractivity contribution in [2.45, 2.75) is 11.4 Å². The van der Waals surface area contributed by atoms with Crippen LogP contribution < -0.4 is 0 Å². The average Bonchev–Trinajstić information content (AvgIpc) is 2.98. The van der Waals surface area contributed by atoms with E-state index in [4.69, 9.17) is 0 Å². The lowest BCUT2D eigenvalue weighted by atomic mass is 10.2. The normalized spacial score (nSPS) is 12.0. The Morgan fingerprint density at radius 2 is 1.75 bits per heavy atom. The van der Waals surface area contributed by atoms with Crippen LogP contribution in [0, 0.1) is 0 Å². The first-order chi connectivity index (χ1) is 13.2. The maximum atomic E-state index is 13.4. The lowest BCUT2D eigenvalue weighted by Crippen LogP contribution is -2.13. The molecule has 5 nitrogen and oxygen atoms in total. The van der Waals surface area contributed by atoms with Gasteiger partial charge < -0.3 is 9.80 Å². The van der Waals surface area contributed by atoms with Gasteiger partial charge in [-0.05, 0) is 51.8 Å². The molecule has 1 heterocycles. The van der Waals surface area contributed by atoms with E-state index in [0.717, 1.165) is 15.4 Å². The van der Waals surface area contributed by atoms with Crippen molar-refractivity contribution in [1.82, 2.24) is 13.8 Å². The van der Waals surface area contributed by atoms with Crippen LogP contribution in [0.5, 0.6) is 0 Å². The van der Waals surface area contributed by atoms with Gasteiger partial charge in [-0.25, -0.2) is 12.4 Å². The first kappa shape index (κ1) is 21.0. The summed E-state index contributed by atoms with van der Waals surface area (Å²) in [5.41, 5.74) is 1.58. The molecule has 2 aromatic carbocycles. The van der Waals surface area contributed by atoms with Gasteiger partial charge in [0.15, 0.2) is 0 Å². The van der Waals surface area contributed by atoms with Gasteiger partial charge in [-0.3, -0.25) is 0 Å². The minimum atomic E-state index is -3.74. The molecule has 0 saturated carbocycles. The fraction of sp³-hybridized carbons (Fsp3) is 0.200. The van der Waals surface area contributed by atoms with Crippen LogP contribution in [0.4, 0.5) is 0 Å². The lowest BCUT2D eigenvalue weighted by Gasteiger charge is -2.15. The molecule has 0 atom stereocenters. The average molecular weight is 527 g/mol. The first-order valence-corrected chi connectivity index (χ1v) is 11.6. The highest BCUT2D eigenvalue weighted by Gasteiger charge is 2.23. The third kappa shape index (κ3) is 4.29. The molecule has 0 aliphatic rings. The Kier molecular flexibility index (Phi) is 6.21. The Hall–Kier alpha value is -1.77. The third-order valence-corrected chi connectivity index (χ3v) is 7.41. The van der Waals surface area contributed by atoms with Crippen LogP contribution in [0.1, 0.15) is 5.56 Å². The van der Waals surface area contributed by atoms with Gasteiger partial charge in [0.2, 0.25) is 0 Å². The van der Waals surface area contributed by atoms with Crippen molar-refractivity contribution in [1.29, 1.82) is 0 Å². The molecular formula is C20H21Br2N3O2S. The van der Waals surface area contributed by atoms with Gasteiger partial charge in [-0.2, -0.15) is 0 Å². The summed E-state index contributed by atoms with van der Waals surface area (Å²) in [5.74, 6) is 0. The largest absolute Gasteiger partial charge is 0.382 e. The van der Waals surface area contributed by atoms with Crippen molar-refractivity contribution < 1.29 is 8.42 Å². The Labute approximate surface area is 182 Å². The first-order valence-electron chi connectivity index (χ1n) is 8.55. The Bertz CT molecular complexity index is 1140. The van der Waals surface area contributed by atoms with Crippen molar-refractivity contribution >= 4 is 52.8 Å². The van der Waals surface area contributed by atoms with Crippen molar-refractivity contribution in [2.75, 3.05) is 21.1 Å². The molecule has 0 spiro atoms. The summed E-state index contributed by atoms with van der Waals surface area (Å²) in [6.07, 6.45) is 5.63. The highest BCUT2D eigenvalue weighted by molar-refractivity contribution is 9.10. The molecule has 3 aromatic rings. The molecule has 0 radical (unpaired) electrons. The SMILES string of the molecule is CN(C)/C=C/N(C)Cc1cn(S(=O)(=O)c2ccccc2Br)c2ccc(Br)cc12. The zero-order chi connectivity index (χ0) is 20.5. The van der Waals surface area contributed by atoms with Gasteiger partial charge in [0, 0.05) is 60.6 Å². The van der Waals surface area contributed by atoms with E-state index in [9.17, 15) is 8.42 Å². The quantitative estimate of drug-likeness (QED) is 0.459. The predicted octanol–water partition coefficient (Wildman–Crippen LogP) is 4.87. The molecule has 3 rings (SSSR count). The fourth-order valence-electron chi connectivity index (χ4n) is 2.89. The maximum Gasteiger partial charge on any atom is 0.269 e. The summed E-state index contributed by atoms with van der Waals surface area (Å²) in [4.78, 5) is 4.21. The Balaban J connectivity index is 2.13. The molecule has 148 valence electrons. The molecule has 8 heteroatoms. The fourth-order valence-corrected chi connectivity index (χ4v) is 5.61. The van der Waals surface area contributed by atoms with E-state index in [-0.39, 0.29) is 4.90 Å². The van der Waals surface area contributed by atoms with Crippen molar-refractivity contribution in [3.63, 3.8) is 0 Å². The number of halogens is 2. The number of nitrogens with zero attached hydrogens (tertiary/aromatic N) is 3. The zero-order valence-corrected chi connectivity index (χ0v) is 19.8. The number of hydrogen-bond donors (Lipinski definition) is 0. The van der Waals surface area contributed by atoms with Crippen LogP contribution >= 0.6 is 31.9 Å². The molecule has 28 heavy (non-hydrogen) atoms. The van der Waals surface area contributed by atoms with Crippen LogP contribution in [0.25, 0.3) is 10.9 Å². The molecule has 0 aliphatic heterocycles. The van der Waals surface area contributed by atoms with Gasteiger partial charge in [0.1, 0.15) is 4.90 Å². The Morgan fingerprint density at radius 3 is 2.43 bits per heavy atom. The van der Waals surface area contributed by atoms with Crippen LogP contribution in [-0.2, 0) is 16.6 Å². The van der Waals surface area contributed by atoms with E-state index < -0.39 is 10.0 Å². The summed E-state index contributed by atoms with van der Waals surface area (Å²) >= 11 is 6.86. The van der Waals surface area contributed by atoms with Crippen molar-refractivity contribution in [2.24, 2.45) is 0 Å². The predicted molar refractivity (Wildman–Crippen MR) is 121 cm³/mol. The second kappa shape index (κ2) is 8.31. The van der Waals surface area contributed by atoms with E-state index in [1.807, 2.05) is 61.5 Å². The Morgan fingerprint density at radius 1 is 1.04 bits per heavy atom. The topological polar surface area (TPSA) is 45.5 Å². The van der Waals surface area contributed by atoms with Crippen molar-refractivity contribution in [3.8, 4) is 0 Å². The highest BCUT2D eigenvalue weighted by atomic mass is 79.9. The molecule has 0 unspecified atom stereocenters. The van der Waals surface area contributed by atoms with E-state index in [2.05, 4.69) is 31.9 Å². The molecular weight excluding hydrogens is 506 g/mol. The van der Waals surface area contributed by atoms with Gasteiger partial charge >= 0.3 is 0 Å². The summed E-state index contributed by atoms with van der Waals surface area (Å²) in [6, 6.07) is 12.5. The number of hydrogen-bond acceptors (Lipinski definition) is 4. The monoisotopic (exact) mass is 525 g/mol. The van der Waals surface area contributed by atoms with E-state index in [1.54, 1.807) is 30.5 Å². The summed E-state index contributed by atoms with van der Waals surface area (Å²) < 4.78 is 29.5. The van der Waals surface area contributed by atoms with E-state index in [0.29, 0.717) is 16.5 Å². The van der Waals surface area contributed by atoms with Crippen LogP contribution in [0.15, 0.2) is 74.9 Å². The van der Waals surface area contributed by atoms with Gasteiger partial charge in [-0.15, -0.1) is 0 Å². The minimum Gasteiger partial charge on any atom is -0.382 e. The summed E-state index contributed by atoms with van der Waals surface area (Å²) in [7, 11) is 2.13. The number of aromatic nitrogens is 1. The van der Waals surface area contributed by atoms with Gasteiger partial charge in [-0.1, -0.05) is 28.1 Å². The van der Waals surface area contributed by atoms with Crippen LogP contribution in [-0.4, -0.2) is 43.3 Å².